The smallest absolute Gasteiger partial charge is 0.130 e. The number of benzene rings is 2. The van der Waals surface area contributed by atoms with Crippen LogP contribution in [-0.2, 0) is 6.42 Å². The molecule has 1 aliphatic rings. The Morgan fingerprint density at radius 2 is 2.05 bits per heavy atom. The third-order valence-electron chi connectivity index (χ3n) is 3.91. The third-order valence-corrected chi connectivity index (χ3v) is 4.24. The van der Waals surface area contributed by atoms with Crippen LogP contribution in [0.15, 0.2) is 36.4 Å². The molecule has 0 bridgehead atoms. The van der Waals surface area contributed by atoms with Gasteiger partial charge in [0.1, 0.15) is 11.6 Å². The van der Waals surface area contributed by atoms with E-state index in [4.69, 9.17) is 17.3 Å². The number of nitrogens with zero attached hydrogens (tertiary/aromatic N) is 1. The van der Waals surface area contributed by atoms with Crippen molar-refractivity contribution < 1.29 is 8.78 Å². The molecule has 2 aromatic carbocycles. The molecule has 0 spiro atoms. The molecule has 0 aliphatic carbocycles. The molecule has 0 aromatic heterocycles. The summed E-state index contributed by atoms with van der Waals surface area (Å²) < 4.78 is 27.7. The maximum Gasteiger partial charge on any atom is 0.130 e. The van der Waals surface area contributed by atoms with Gasteiger partial charge in [-0.25, -0.2) is 8.78 Å². The highest BCUT2D eigenvalue weighted by Crippen LogP contribution is 2.38. The largest absolute Gasteiger partial charge is 0.362 e. The van der Waals surface area contributed by atoms with Gasteiger partial charge < -0.3 is 10.6 Å². The zero-order valence-corrected chi connectivity index (χ0v) is 12.1. The summed E-state index contributed by atoms with van der Waals surface area (Å²) in [7, 11) is 0. The van der Waals surface area contributed by atoms with Crippen LogP contribution in [0.1, 0.15) is 17.2 Å². The van der Waals surface area contributed by atoms with Gasteiger partial charge in [0, 0.05) is 29.4 Å². The summed E-state index contributed by atoms with van der Waals surface area (Å²) in [5, 5.41) is 0.343. The number of halogens is 3. The van der Waals surface area contributed by atoms with Gasteiger partial charge >= 0.3 is 0 Å². The second-order valence-electron chi connectivity index (χ2n) is 5.10. The minimum Gasteiger partial charge on any atom is -0.362 e. The molecule has 2 aromatic rings. The molecule has 1 heterocycles. The number of hydrogen-bond donors (Lipinski definition) is 1. The van der Waals surface area contributed by atoms with Crippen LogP contribution in [0.2, 0.25) is 5.02 Å². The van der Waals surface area contributed by atoms with E-state index in [2.05, 4.69) is 0 Å². The maximum atomic E-state index is 14.2. The average Bonchev–Trinajstić information content (AvgIpc) is 2.86. The first-order valence-corrected chi connectivity index (χ1v) is 7.18. The average molecular weight is 309 g/mol. The van der Waals surface area contributed by atoms with E-state index in [1.807, 2.05) is 4.90 Å². The zero-order chi connectivity index (χ0) is 15.0. The summed E-state index contributed by atoms with van der Waals surface area (Å²) in [6.45, 7) is 0.877. The molecular formula is C16H15ClF2N2. The fraction of sp³-hybridized carbons (Fsp3) is 0.250. The molecule has 21 heavy (non-hydrogen) atoms. The lowest BCUT2D eigenvalue weighted by Gasteiger charge is -2.30. The Labute approximate surface area is 127 Å². The first kappa shape index (κ1) is 14.3. The van der Waals surface area contributed by atoms with Crippen molar-refractivity contribution in [2.24, 2.45) is 5.73 Å². The Morgan fingerprint density at radius 1 is 1.24 bits per heavy atom. The van der Waals surface area contributed by atoms with Crippen molar-refractivity contribution in [2.75, 3.05) is 18.0 Å². The van der Waals surface area contributed by atoms with Crippen molar-refractivity contribution in [1.82, 2.24) is 0 Å². The predicted molar refractivity (Wildman–Crippen MR) is 80.7 cm³/mol. The summed E-state index contributed by atoms with van der Waals surface area (Å²) in [6, 6.07) is 8.85. The molecule has 0 saturated carbocycles. The summed E-state index contributed by atoms with van der Waals surface area (Å²) in [4.78, 5) is 1.93. The van der Waals surface area contributed by atoms with Gasteiger partial charge in [-0.3, -0.25) is 0 Å². The van der Waals surface area contributed by atoms with Crippen LogP contribution in [0.3, 0.4) is 0 Å². The van der Waals surface area contributed by atoms with Crippen molar-refractivity contribution in [1.29, 1.82) is 0 Å². The van der Waals surface area contributed by atoms with Crippen LogP contribution in [-0.4, -0.2) is 13.1 Å². The molecular weight excluding hydrogens is 294 g/mol. The van der Waals surface area contributed by atoms with Gasteiger partial charge in [-0.05, 0) is 36.2 Å². The maximum absolute atomic E-state index is 14.2. The Morgan fingerprint density at radius 3 is 2.76 bits per heavy atom. The fourth-order valence-electron chi connectivity index (χ4n) is 2.93. The highest BCUT2D eigenvalue weighted by atomic mass is 35.5. The molecule has 0 saturated heterocycles. The van der Waals surface area contributed by atoms with E-state index in [0.717, 1.165) is 17.7 Å². The van der Waals surface area contributed by atoms with Crippen LogP contribution < -0.4 is 10.6 Å². The molecule has 0 amide bonds. The van der Waals surface area contributed by atoms with Gasteiger partial charge in [0.25, 0.3) is 0 Å². The fourth-order valence-corrected chi connectivity index (χ4v) is 3.22. The lowest BCUT2D eigenvalue weighted by molar-refractivity contribution is 0.563. The quantitative estimate of drug-likeness (QED) is 0.937. The molecule has 1 atom stereocenters. The van der Waals surface area contributed by atoms with E-state index in [-0.39, 0.29) is 18.2 Å². The normalized spacial score (nSPS) is 15.1. The van der Waals surface area contributed by atoms with Gasteiger partial charge in [0.05, 0.1) is 6.04 Å². The van der Waals surface area contributed by atoms with Gasteiger partial charge in [0.2, 0.25) is 0 Å². The molecule has 2 nitrogen and oxygen atoms in total. The van der Waals surface area contributed by atoms with E-state index in [0.29, 0.717) is 17.1 Å². The van der Waals surface area contributed by atoms with E-state index < -0.39 is 6.04 Å². The van der Waals surface area contributed by atoms with E-state index in [1.54, 1.807) is 18.2 Å². The van der Waals surface area contributed by atoms with Crippen LogP contribution in [0.5, 0.6) is 0 Å². The molecule has 1 unspecified atom stereocenters. The topological polar surface area (TPSA) is 29.3 Å². The number of rotatable bonds is 3. The minimum atomic E-state index is -0.401. The van der Waals surface area contributed by atoms with Crippen LogP contribution in [0.25, 0.3) is 0 Å². The van der Waals surface area contributed by atoms with Crippen LogP contribution in [0.4, 0.5) is 14.5 Å². The number of fused-ring (bicyclic) bond motifs is 1. The van der Waals surface area contributed by atoms with E-state index in [9.17, 15) is 8.78 Å². The second kappa shape index (κ2) is 5.62. The third kappa shape index (κ3) is 2.49. The van der Waals surface area contributed by atoms with Crippen molar-refractivity contribution in [3.05, 3.63) is 64.2 Å². The molecule has 0 radical (unpaired) electrons. The Bertz CT molecular complexity index is 655. The Balaban J connectivity index is 2.05. The number of nitrogens with two attached hydrogens (primary N) is 1. The molecule has 1 aliphatic heterocycles. The minimum absolute atomic E-state index is 0.205. The van der Waals surface area contributed by atoms with Crippen molar-refractivity contribution in [3.63, 3.8) is 0 Å². The number of hydrogen-bond acceptors (Lipinski definition) is 2. The highest BCUT2D eigenvalue weighted by Gasteiger charge is 2.29. The summed E-state index contributed by atoms with van der Waals surface area (Å²) in [6.07, 6.45) is 0.790. The first-order chi connectivity index (χ1) is 10.1. The molecule has 110 valence electrons. The standard InChI is InChI=1S/C16H15ClF2N2/c17-12-2-1-3-13(19)16(12)15(9-20)21-7-6-10-4-5-11(18)8-14(10)21/h1-5,8,15H,6-7,9,20H2. The Kier molecular flexibility index (Phi) is 3.83. The Hall–Kier alpha value is -1.65. The van der Waals surface area contributed by atoms with Crippen molar-refractivity contribution >= 4 is 17.3 Å². The number of anilines is 1. The van der Waals surface area contributed by atoms with E-state index in [1.165, 1.54) is 18.2 Å². The summed E-state index contributed by atoms with van der Waals surface area (Å²) >= 11 is 6.14. The molecule has 2 N–H and O–H groups in total. The van der Waals surface area contributed by atoms with Crippen LogP contribution >= 0.6 is 11.6 Å². The second-order valence-corrected chi connectivity index (χ2v) is 5.51. The predicted octanol–water partition coefficient (Wildman–Crippen LogP) is 3.68. The van der Waals surface area contributed by atoms with Gasteiger partial charge in [-0.2, -0.15) is 0 Å². The van der Waals surface area contributed by atoms with Crippen molar-refractivity contribution in [2.45, 2.75) is 12.5 Å². The van der Waals surface area contributed by atoms with Gasteiger partial charge in [-0.15, -0.1) is 0 Å². The van der Waals surface area contributed by atoms with Crippen LogP contribution in [0, 0.1) is 11.6 Å². The molecule has 3 rings (SSSR count). The summed E-state index contributed by atoms with van der Waals surface area (Å²) in [5.41, 5.74) is 8.04. The SMILES string of the molecule is NCC(c1c(F)cccc1Cl)N1CCc2ccc(F)cc21. The van der Waals surface area contributed by atoms with Gasteiger partial charge in [-0.1, -0.05) is 23.7 Å². The lowest BCUT2D eigenvalue weighted by atomic mass is 10.0. The van der Waals surface area contributed by atoms with E-state index >= 15 is 0 Å². The summed E-state index contributed by atoms with van der Waals surface area (Å²) in [5.74, 6) is -0.696. The molecule has 0 fully saturated rings. The zero-order valence-electron chi connectivity index (χ0n) is 11.3. The highest BCUT2D eigenvalue weighted by molar-refractivity contribution is 6.31. The first-order valence-electron chi connectivity index (χ1n) is 6.81. The van der Waals surface area contributed by atoms with Crippen molar-refractivity contribution in [3.8, 4) is 0 Å². The monoisotopic (exact) mass is 308 g/mol. The molecule has 5 heteroatoms. The van der Waals surface area contributed by atoms with Gasteiger partial charge in [0.15, 0.2) is 0 Å². The lowest BCUT2D eigenvalue weighted by Crippen LogP contribution is -2.33.